The minimum absolute atomic E-state index is 0. The van der Waals surface area contributed by atoms with Crippen molar-refractivity contribution in [1.82, 2.24) is 0 Å². The van der Waals surface area contributed by atoms with Crippen LogP contribution in [0, 0.1) is 19.9 Å². The molecule has 1 nitrogen and oxygen atoms in total. The molecule has 0 radical (unpaired) electrons. The standard InChI is InChI=1S/C15H15O.Li/c1-12-8-9-15(13(2)10-12)16-11-14-6-4-3-5-7-14;/h3-8,10H,11H2,1-2H3;/q-1;+1. The van der Waals surface area contributed by atoms with Crippen LogP contribution >= 0.6 is 0 Å². The minimum atomic E-state index is 0. The van der Waals surface area contributed by atoms with Crippen molar-refractivity contribution in [2.24, 2.45) is 0 Å². The Hall–Kier alpha value is -1.16. The third-order valence-electron chi connectivity index (χ3n) is 2.46. The van der Waals surface area contributed by atoms with Crippen LogP contribution in [0.1, 0.15) is 16.7 Å². The molecule has 0 unspecified atom stereocenters. The first-order valence-electron chi connectivity index (χ1n) is 5.41. The third kappa shape index (κ3) is 3.96. The molecule has 2 rings (SSSR count). The van der Waals surface area contributed by atoms with E-state index in [1.54, 1.807) is 0 Å². The first kappa shape index (κ1) is 13.9. The second-order valence-electron chi connectivity index (χ2n) is 3.96. The number of hydrogen-bond acceptors (Lipinski definition) is 1. The van der Waals surface area contributed by atoms with Gasteiger partial charge in [-0.25, -0.2) is 0 Å². The predicted molar refractivity (Wildman–Crippen MR) is 65.5 cm³/mol. The molecule has 0 heterocycles. The fourth-order valence-corrected chi connectivity index (χ4v) is 1.63. The molecular formula is C15H15LiO. The molecule has 0 aliphatic rings. The molecule has 0 saturated carbocycles. The van der Waals surface area contributed by atoms with Gasteiger partial charge in [0, 0.05) is 5.75 Å². The third-order valence-corrected chi connectivity index (χ3v) is 2.46. The van der Waals surface area contributed by atoms with Gasteiger partial charge in [0.15, 0.2) is 0 Å². The van der Waals surface area contributed by atoms with Gasteiger partial charge in [-0.15, -0.1) is 11.6 Å². The van der Waals surface area contributed by atoms with Crippen LogP contribution in [0.3, 0.4) is 0 Å². The van der Waals surface area contributed by atoms with Crippen molar-refractivity contribution in [3.05, 3.63) is 65.2 Å². The number of ether oxygens (including phenoxy) is 1. The Kier molecular flexibility index (Phi) is 5.35. The SMILES string of the molecule is Cc1c[c-]c(OCc2ccccc2)c(C)c1.[Li+]. The van der Waals surface area contributed by atoms with E-state index in [0.29, 0.717) is 6.61 Å². The van der Waals surface area contributed by atoms with Gasteiger partial charge >= 0.3 is 18.9 Å². The Labute approximate surface area is 115 Å². The second-order valence-corrected chi connectivity index (χ2v) is 3.96. The average molecular weight is 218 g/mol. The van der Waals surface area contributed by atoms with E-state index in [2.05, 4.69) is 31.2 Å². The summed E-state index contributed by atoms with van der Waals surface area (Å²) in [6, 6.07) is 17.4. The molecule has 0 aromatic heterocycles. The zero-order valence-electron chi connectivity index (χ0n) is 10.7. The van der Waals surface area contributed by atoms with Crippen LogP contribution in [-0.2, 0) is 6.61 Å². The fourth-order valence-electron chi connectivity index (χ4n) is 1.63. The van der Waals surface area contributed by atoms with E-state index in [4.69, 9.17) is 4.74 Å². The number of hydrogen-bond donors (Lipinski definition) is 0. The zero-order valence-corrected chi connectivity index (χ0v) is 10.7. The minimum Gasteiger partial charge on any atom is -0.514 e. The number of aryl methyl sites for hydroxylation is 2. The van der Waals surface area contributed by atoms with Crippen molar-refractivity contribution in [2.45, 2.75) is 20.5 Å². The van der Waals surface area contributed by atoms with Gasteiger partial charge in [0.05, 0.1) is 0 Å². The van der Waals surface area contributed by atoms with Crippen LogP contribution in [0.25, 0.3) is 0 Å². The molecule has 0 spiro atoms. The average Bonchev–Trinajstić information content (AvgIpc) is 2.29. The summed E-state index contributed by atoms with van der Waals surface area (Å²) in [5.74, 6) is 0.842. The van der Waals surface area contributed by atoms with Gasteiger partial charge in [0.2, 0.25) is 0 Å². The van der Waals surface area contributed by atoms with E-state index in [1.165, 1.54) is 11.1 Å². The van der Waals surface area contributed by atoms with E-state index >= 15 is 0 Å². The van der Waals surface area contributed by atoms with E-state index < -0.39 is 0 Å². The Bertz CT molecular complexity index is 466. The van der Waals surface area contributed by atoms with Gasteiger partial charge in [-0.1, -0.05) is 44.2 Å². The normalized spacial score (nSPS) is 9.53. The van der Waals surface area contributed by atoms with Crippen molar-refractivity contribution in [3.8, 4) is 5.75 Å². The van der Waals surface area contributed by atoms with Gasteiger partial charge in [-0.05, 0) is 5.56 Å². The Morgan fingerprint density at radius 2 is 1.82 bits per heavy atom. The molecule has 82 valence electrons. The fraction of sp³-hybridized carbons (Fsp3) is 0.200. The molecule has 2 heteroatoms. The smallest absolute Gasteiger partial charge is 0.514 e. The quantitative estimate of drug-likeness (QED) is 0.544. The molecule has 2 aromatic carbocycles. The van der Waals surface area contributed by atoms with Crippen LogP contribution < -0.4 is 23.6 Å². The molecular weight excluding hydrogens is 203 g/mol. The summed E-state index contributed by atoms with van der Waals surface area (Å²) in [6.45, 7) is 4.70. The van der Waals surface area contributed by atoms with Crippen molar-refractivity contribution in [2.75, 3.05) is 0 Å². The predicted octanol–water partition coefficient (Wildman–Crippen LogP) is 0.687. The summed E-state index contributed by atoms with van der Waals surface area (Å²) >= 11 is 0. The van der Waals surface area contributed by atoms with Crippen LogP contribution in [0.2, 0.25) is 0 Å². The summed E-state index contributed by atoms with van der Waals surface area (Å²) in [5.41, 5.74) is 3.52. The monoisotopic (exact) mass is 218 g/mol. The Morgan fingerprint density at radius 3 is 2.47 bits per heavy atom. The van der Waals surface area contributed by atoms with E-state index in [0.717, 1.165) is 11.3 Å². The van der Waals surface area contributed by atoms with E-state index in [-0.39, 0.29) is 18.9 Å². The maximum atomic E-state index is 5.72. The van der Waals surface area contributed by atoms with Gasteiger partial charge in [0.1, 0.15) is 6.61 Å². The van der Waals surface area contributed by atoms with E-state index in [9.17, 15) is 0 Å². The van der Waals surface area contributed by atoms with Gasteiger partial charge < -0.3 is 4.74 Å². The van der Waals surface area contributed by atoms with Gasteiger partial charge in [0.25, 0.3) is 0 Å². The first-order chi connectivity index (χ1) is 7.75. The van der Waals surface area contributed by atoms with Gasteiger partial charge in [-0.2, -0.15) is 17.7 Å². The van der Waals surface area contributed by atoms with Crippen molar-refractivity contribution in [3.63, 3.8) is 0 Å². The maximum absolute atomic E-state index is 5.72. The molecule has 0 N–H and O–H groups in total. The van der Waals surface area contributed by atoms with Crippen LogP contribution in [-0.4, -0.2) is 0 Å². The van der Waals surface area contributed by atoms with Gasteiger partial charge in [-0.3, -0.25) is 0 Å². The molecule has 0 aliphatic carbocycles. The largest absolute Gasteiger partial charge is 1.00 e. The second kappa shape index (κ2) is 6.54. The van der Waals surface area contributed by atoms with E-state index in [1.807, 2.05) is 31.2 Å². The van der Waals surface area contributed by atoms with Crippen LogP contribution in [0.4, 0.5) is 0 Å². The summed E-state index contributed by atoms with van der Waals surface area (Å²) < 4.78 is 5.72. The molecule has 0 amide bonds. The summed E-state index contributed by atoms with van der Waals surface area (Å²) in [4.78, 5) is 0. The van der Waals surface area contributed by atoms with Crippen molar-refractivity contribution < 1.29 is 23.6 Å². The number of rotatable bonds is 3. The summed E-state index contributed by atoms with van der Waals surface area (Å²) in [7, 11) is 0. The number of benzene rings is 2. The molecule has 0 atom stereocenters. The molecule has 0 fully saturated rings. The van der Waals surface area contributed by atoms with Crippen molar-refractivity contribution >= 4 is 0 Å². The molecule has 0 aliphatic heterocycles. The van der Waals surface area contributed by atoms with Crippen LogP contribution in [0.15, 0.2) is 42.5 Å². The Balaban J connectivity index is 0.00000144. The zero-order chi connectivity index (χ0) is 11.4. The maximum Gasteiger partial charge on any atom is 1.00 e. The molecule has 0 saturated heterocycles. The molecule has 0 bridgehead atoms. The van der Waals surface area contributed by atoms with Crippen LogP contribution in [0.5, 0.6) is 5.75 Å². The summed E-state index contributed by atoms with van der Waals surface area (Å²) in [6.07, 6.45) is 0. The summed E-state index contributed by atoms with van der Waals surface area (Å²) in [5, 5.41) is 0. The molecule has 2 aromatic rings. The topological polar surface area (TPSA) is 9.23 Å². The molecule has 17 heavy (non-hydrogen) atoms. The Morgan fingerprint density at radius 1 is 1.12 bits per heavy atom. The van der Waals surface area contributed by atoms with Crippen molar-refractivity contribution in [1.29, 1.82) is 0 Å². The first-order valence-corrected chi connectivity index (χ1v) is 5.41.